The number of nitrogens with one attached hydrogen (secondary N) is 3. The van der Waals surface area contributed by atoms with E-state index in [-0.39, 0.29) is 30.5 Å². The zero-order valence-corrected chi connectivity index (χ0v) is 19.6. The van der Waals surface area contributed by atoms with Gasteiger partial charge in [0.15, 0.2) is 5.84 Å². The topological polar surface area (TPSA) is 146 Å². The van der Waals surface area contributed by atoms with Gasteiger partial charge in [0, 0.05) is 38.7 Å². The summed E-state index contributed by atoms with van der Waals surface area (Å²) in [5.41, 5.74) is 2.45. The molecule has 0 atom stereocenters. The van der Waals surface area contributed by atoms with Gasteiger partial charge >= 0.3 is 0 Å². The Labute approximate surface area is 199 Å². The van der Waals surface area contributed by atoms with E-state index in [4.69, 9.17) is 15.9 Å². The molecule has 0 saturated carbocycles. The van der Waals surface area contributed by atoms with Gasteiger partial charge < -0.3 is 20.2 Å². The SMILES string of the molecule is CC.N=C1CCCN1C(=N)c1cccc(NC(=O)c2cc3c(cn2)CCN(C(=O)CCO)C3)n1. The Balaban J connectivity index is 0.00000158. The van der Waals surface area contributed by atoms with Crippen molar-refractivity contribution in [1.29, 1.82) is 10.8 Å². The Bertz CT molecular complexity index is 1090. The highest BCUT2D eigenvalue weighted by molar-refractivity contribution is 6.07. The van der Waals surface area contributed by atoms with Crippen LogP contribution in [-0.2, 0) is 17.8 Å². The molecule has 0 spiro atoms. The van der Waals surface area contributed by atoms with Crippen LogP contribution in [0.3, 0.4) is 0 Å². The first-order chi connectivity index (χ1) is 16.5. The van der Waals surface area contributed by atoms with Crippen molar-refractivity contribution in [2.75, 3.05) is 25.0 Å². The van der Waals surface area contributed by atoms with E-state index in [0.717, 1.165) is 17.5 Å². The minimum Gasteiger partial charge on any atom is -0.396 e. The van der Waals surface area contributed by atoms with Gasteiger partial charge in [-0.1, -0.05) is 19.9 Å². The van der Waals surface area contributed by atoms with Gasteiger partial charge in [0.1, 0.15) is 23.0 Å². The number of rotatable bonds is 5. The van der Waals surface area contributed by atoms with E-state index < -0.39 is 5.91 Å². The molecule has 4 heterocycles. The molecule has 10 heteroatoms. The van der Waals surface area contributed by atoms with Crippen molar-refractivity contribution in [2.45, 2.75) is 46.1 Å². The highest BCUT2D eigenvalue weighted by atomic mass is 16.3. The minimum absolute atomic E-state index is 0.0850. The third-order valence-electron chi connectivity index (χ3n) is 5.63. The summed E-state index contributed by atoms with van der Waals surface area (Å²) in [4.78, 5) is 36.8. The van der Waals surface area contributed by atoms with E-state index in [9.17, 15) is 9.59 Å². The molecule has 1 fully saturated rings. The van der Waals surface area contributed by atoms with Gasteiger partial charge in [0.05, 0.1) is 6.61 Å². The molecule has 2 amide bonds. The minimum atomic E-state index is -0.434. The molecule has 180 valence electrons. The van der Waals surface area contributed by atoms with Crippen LogP contribution in [0.2, 0.25) is 0 Å². The van der Waals surface area contributed by atoms with Crippen LogP contribution in [0.15, 0.2) is 30.5 Å². The highest BCUT2D eigenvalue weighted by Gasteiger charge is 2.24. The smallest absolute Gasteiger partial charge is 0.275 e. The second-order valence-corrected chi connectivity index (χ2v) is 7.79. The van der Waals surface area contributed by atoms with Gasteiger partial charge in [-0.3, -0.25) is 25.4 Å². The Morgan fingerprint density at radius 2 is 1.94 bits per heavy atom. The predicted octanol–water partition coefficient (Wildman–Crippen LogP) is 2.42. The Hall–Kier alpha value is -3.66. The van der Waals surface area contributed by atoms with Crippen LogP contribution in [0.1, 0.15) is 60.4 Å². The van der Waals surface area contributed by atoms with Crippen LogP contribution in [0.5, 0.6) is 0 Å². The third kappa shape index (κ3) is 5.63. The van der Waals surface area contributed by atoms with E-state index in [2.05, 4.69) is 15.3 Å². The van der Waals surface area contributed by atoms with Gasteiger partial charge in [-0.2, -0.15) is 0 Å². The van der Waals surface area contributed by atoms with Gasteiger partial charge in [0.2, 0.25) is 5.91 Å². The highest BCUT2D eigenvalue weighted by Crippen LogP contribution is 2.20. The molecule has 0 bridgehead atoms. The lowest BCUT2D eigenvalue weighted by Crippen LogP contribution is -2.36. The summed E-state index contributed by atoms with van der Waals surface area (Å²) in [5.74, 6) is 0.286. The second-order valence-electron chi connectivity index (χ2n) is 7.79. The third-order valence-corrected chi connectivity index (χ3v) is 5.63. The summed E-state index contributed by atoms with van der Waals surface area (Å²) in [5, 5.41) is 28.0. The summed E-state index contributed by atoms with van der Waals surface area (Å²) in [6.07, 6.45) is 3.88. The maximum Gasteiger partial charge on any atom is 0.275 e. The predicted molar refractivity (Wildman–Crippen MR) is 129 cm³/mol. The molecule has 1 saturated heterocycles. The second kappa shape index (κ2) is 11.5. The van der Waals surface area contributed by atoms with E-state index in [1.54, 1.807) is 40.3 Å². The summed E-state index contributed by atoms with van der Waals surface area (Å²) in [7, 11) is 0. The summed E-state index contributed by atoms with van der Waals surface area (Å²) < 4.78 is 0. The molecule has 0 radical (unpaired) electrons. The number of amidine groups is 2. The number of aliphatic hydroxyl groups is 1. The van der Waals surface area contributed by atoms with Crippen molar-refractivity contribution in [1.82, 2.24) is 19.8 Å². The molecular weight excluding hydrogens is 434 g/mol. The number of fused-ring (bicyclic) bond motifs is 1. The van der Waals surface area contributed by atoms with Crippen molar-refractivity contribution in [3.63, 3.8) is 0 Å². The standard InChI is InChI=1S/C22H25N7O3.C2H6/c23-18-4-2-8-29(18)21(24)16-3-1-5-19(26-16)27-22(32)17-11-15-13-28(20(31)7-10-30)9-6-14(15)12-25-17;1-2/h1,3,5,11-12,23-24,30H,2,4,6-10,13H2,(H,26,27,32);1-2H3. The van der Waals surface area contributed by atoms with Crippen LogP contribution < -0.4 is 5.32 Å². The fourth-order valence-corrected chi connectivity index (χ4v) is 3.90. The van der Waals surface area contributed by atoms with Crippen LogP contribution in [0.25, 0.3) is 0 Å². The molecule has 2 aliphatic heterocycles. The van der Waals surface area contributed by atoms with Crippen molar-refractivity contribution < 1.29 is 14.7 Å². The zero-order chi connectivity index (χ0) is 24.7. The lowest BCUT2D eigenvalue weighted by Gasteiger charge is -2.28. The van der Waals surface area contributed by atoms with Crippen LogP contribution in [0, 0.1) is 10.8 Å². The van der Waals surface area contributed by atoms with E-state index in [1.165, 1.54) is 0 Å². The maximum absolute atomic E-state index is 12.8. The quantitative estimate of drug-likeness (QED) is 0.394. The first-order valence-corrected chi connectivity index (χ1v) is 11.5. The van der Waals surface area contributed by atoms with Crippen molar-refractivity contribution in [3.05, 3.63) is 53.0 Å². The van der Waals surface area contributed by atoms with Crippen LogP contribution in [-0.4, -0.2) is 68.1 Å². The zero-order valence-electron chi connectivity index (χ0n) is 19.6. The average molecular weight is 466 g/mol. The fraction of sp³-hybridized carbons (Fsp3) is 0.417. The number of amides is 2. The Kier molecular flexibility index (Phi) is 8.42. The summed E-state index contributed by atoms with van der Waals surface area (Å²) in [6, 6.07) is 6.70. The summed E-state index contributed by atoms with van der Waals surface area (Å²) in [6.45, 7) is 5.38. The van der Waals surface area contributed by atoms with Gasteiger partial charge in [0.25, 0.3) is 5.91 Å². The lowest BCUT2D eigenvalue weighted by atomic mass is 10.0. The number of hydrogen-bond donors (Lipinski definition) is 4. The van der Waals surface area contributed by atoms with Crippen molar-refractivity contribution in [3.8, 4) is 0 Å². The largest absolute Gasteiger partial charge is 0.396 e. The first-order valence-electron chi connectivity index (χ1n) is 11.5. The molecule has 2 aromatic rings. The molecule has 0 aliphatic carbocycles. The molecule has 4 rings (SSSR count). The van der Waals surface area contributed by atoms with Crippen LogP contribution in [0.4, 0.5) is 5.82 Å². The van der Waals surface area contributed by atoms with E-state index in [0.29, 0.717) is 49.8 Å². The number of pyridine rings is 2. The number of nitrogens with zero attached hydrogens (tertiary/aromatic N) is 4. The normalized spacial score (nSPS) is 14.7. The molecule has 34 heavy (non-hydrogen) atoms. The Morgan fingerprint density at radius 3 is 2.65 bits per heavy atom. The van der Waals surface area contributed by atoms with E-state index in [1.807, 2.05) is 13.8 Å². The van der Waals surface area contributed by atoms with Crippen LogP contribution >= 0.6 is 0 Å². The first kappa shape index (κ1) is 25.0. The maximum atomic E-state index is 12.8. The molecule has 2 aliphatic rings. The van der Waals surface area contributed by atoms with Crippen molar-refractivity contribution >= 4 is 29.3 Å². The lowest BCUT2D eigenvalue weighted by molar-refractivity contribution is -0.132. The van der Waals surface area contributed by atoms with Gasteiger partial charge in [-0.05, 0) is 42.2 Å². The number of hydrogen-bond acceptors (Lipinski definition) is 7. The number of aliphatic hydroxyl groups excluding tert-OH is 1. The molecule has 2 aromatic heterocycles. The monoisotopic (exact) mass is 465 g/mol. The molecule has 0 aromatic carbocycles. The molecule has 4 N–H and O–H groups in total. The van der Waals surface area contributed by atoms with Gasteiger partial charge in [-0.15, -0.1) is 0 Å². The molecular formula is C24H31N7O3. The number of anilines is 1. The number of carbonyl (C=O) groups excluding carboxylic acids is 2. The summed E-state index contributed by atoms with van der Waals surface area (Å²) >= 11 is 0. The van der Waals surface area contributed by atoms with Gasteiger partial charge in [-0.25, -0.2) is 4.98 Å². The number of carbonyl (C=O) groups is 2. The Morgan fingerprint density at radius 1 is 1.15 bits per heavy atom. The van der Waals surface area contributed by atoms with Crippen molar-refractivity contribution in [2.24, 2.45) is 0 Å². The number of aromatic nitrogens is 2. The fourth-order valence-electron chi connectivity index (χ4n) is 3.90. The average Bonchev–Trinajstić information content (AvgIpc) is 3.30. The molecule has 0 unspecified atom stereocenters. The molecule has 10 nitrogen and oxygen atoms in total. The number of likely N-dealkylation sites (tertiary alicyclic amines) is 1. The van der Waals surface area contributed by atoms with E-state index >= 15 is 0 Å².